The maximum absolute atomic E-state index is 6.06. The van der Waals surface area contributed by atoms with Gasteiger partial charge in [0.1, 0.15) is 0 Å². The molecule has 2 aromatic heterocycles. The molecule has 1 aliphatic rings. The van der Waals surface area contributed by atoms with Crippen LogP contribution in [0.5, 0.6) is 0 Å². The van der Waals surface area contributed by atoms with Crippen molar-refractivity contribution >= 4 is 24.0 Å². The first-order valence-corrected chi connectivity index (χ1v) is 8.44. The lowest BCUT2D eigenvalue weighted by Crippen LogP contribution is -2.44. The molecule has 0 aliphatic carbocycles. The van der Waals surface area contributed by atoms with Crippen LogP contribution in [0.4, 0.5) is 0 Å². The van der Waals surface area contributed by atoms with Crippen molar-refractivity contribution in [3.8, 4) is 17.3 Å². The van der Waals surface area contributed by atoms with Gasteiger partial charge in [-0.05, 0) is 32.2 Å². The van der Waals surface area contributed by atoms with Gasteiger partial charge < -0.3 is 9.84 Å². The summed E-state index contributed by atoms with van der Waals surface area (Å²) in [6, 6.07) is 7.52. The smallest absolute Gasteiger partial charge is 0.280 e. The molecule has 3 heterocycles. The minimum absolute atomic E-state index is 0. The lowest BCUT2D eigenvalue weighted by Gasteiger charge is -2.30. The molecule has 8 nitrogen and oxygen atoms in total. The van der Waals surface area contributed by atoms with Crippen LogP contribution in [-0.4, -0.2) is 56.7 Å². The van der Waals surface area contributed by atoms with E-state index in [-0.39, 0.29) is 18.4 Å². The van der Waals surface area contributed by atoms with E-state index in [1.807, 2.05) is 31.2 Å². The van der Waals surface area contributed by atoms with Gasteiger partial charge in [0, 0.05) is 24.7 Å². The lowest BCUT2D eigenvalue weighted by molar-refractivity contribution is 0.190. The molecule has 1 saturated heterocycles. The molecule has 4 rings (SSSR count). The Balaban J connectivity index is 0.00000196. The van der Waals surface area contributed by atoms with Gasteiger partial charge in [0.2, 0.25) is 0 Å². The van der Waals surface area contributed by atoms with Gasteiger partial charge in [0.05, 0.1) is 17.4 Å². The minimum Gasteiger partial charge on any atom is -0.332 e. The Hall–Kier alpha value is -2.00. The number of nitrogens with one attached hydrogen (secondary N) is 1. The predicted molar refractivity (Wildman–Crippen MR) is 99.9 cm³/mol. The van der Waals surface area contributed by atoms with E-state index in [9.17, 15) is 0 Å². The van der Waals surface area contributed by atoms with Crippen LogP contribution in [0.25, 0.3) is 17.3 Å². The first kappa shape index (κ1) is 18.8. The molecule has 1 fully saturated rings. The fourth-order valence-corrected chi connectivity index (χ4v) is 3.13. The summed E-state index contributed by atoms with van der Waals surface area (Å²) < 4.78 is 7.16. The van der Waals surface area contributed by atoms with Crippen LogP contribution in [-0.2, 0) is 0 Å². The molecule has 1 unspecified atom stereocenters. The average Bonchev–Trinajstić information content (AvgIpc) is 3.22. The van der Waals surface area contributed by atoms with Crippen LogP contribution in [0, 0.1) is 6.92 Å². The molecular weight excluding hydrogens is 377 g/mol. The highest BCUT2D eigenvalue weighted by atomic mass is 35.5. The standard InChI is InChI=1S/C16H18ClN7O.ClH/c1-10-14(20-22-24(10)12-5-3-4-11(17)8-12)16-19-15(21-25-16)13-9-18-6-7-23(13)2;/h3-5,8,13,18H,6-7,9H2,1-2H3;1H. The summed E-state index contributed by atoms with van der Waals surface area (Å²) >= 11 is 6.06. The molecule has 0 spiro atoms. The fraction of sp³-hybridized carbons (Fsp3) is 0.375. The Morgan fingerprint density at radius 3 is 2.96 bits per heavy atom. The van der Waals surface area contributed by atoms with E-state index in [0.29, 0.717) is 22.4 Å². The van der Waals surface area contributed by atoms with Crippen molar-refractivity contribution < 1.29 is 4.52 Å². The molecule has 10 heteroatoms. The number of likely N-dealkylation sites (N-methyl/N-ethyl adjacent to an activating group) is 1. The number of rotatable bonds is 3. The van der Waals surface area contributed by atoms with Crippen molar-refractivity contribution in [2.24, 2.45) is 0 Å². The minimum atomic E-state index is 0. The van der Waals surface area contributed by atoms with E-state index >= 15 is 0 Å². The van der Waals surface area contributed by atoms with Gasteiger partial charge in [-0.2, -0.15) is 4.98 Å². The molecule has 26 heavy (non-hydrogen) atoms. The Kier molecular flexibility index (Phi) is 5.57. The van der Waals surface area contributed by atoms with Crippen LogP contribution in [0.15, 0.2) is 28.8 Å². The van der Waals surface area contributed by atoms with E-state index in [2.05, 4.69) is 37.7 Å². The van der Waals surface area contributed by atoms with Crippen molar-refractivity contribution in [1.29, 1.82) is 0 Å². The number of piperazine rings is 1. The summed E-state index contributed by atoms with van der Waals surface area (Å²) in [4.78, 5) is 6.75. The molecule has 1 aliphatic heterocycles. The molecule has 0 bridgehead atoms. The van der Waals surface area contributed by atoms with Gasteiger partial charge in [-0.1, -0.05) is 28.0 Å². The van der Waals surface area contributed by atoms with Crippen molar-refractivity contribution in [3.63, 3.8) is 0 Å². The highest BCUT2D eigenvalue weighted by Gasteiger charge is 2.27. The molecule has 1 aromatic carbocycles. The summed E-state index contributed by atoms with van der Waals surface area (Å²) in [7, 11) is 2.06. The first-order chi connectivity index (χ1) is 12.1. The van der Waals surface area contributed by atoms with Crippen molar-refractivity contribution in [3.05, 3.63) is 40.8 Å². The summed E-state index contributed by atoms with van der Waals surface area (Å²) in [5, 5.41) is 16.5. The second kappa shape index (κ2) is 7.71. The molecule has 1 N–H and O–H groups in total. The van der Waals surface area contributed by atoms with Gasteiger partial charge in [0.15, 0.2) is 11.5 Å². The number of hydrogen-bond donors (Lipinski definition) is 1. The number of nitrogens with zero attached hydrogens (tertiary/aromatic N) is 6. The maximum atomic E-state index is 6.06. The molecule has 3 aromatic rings. The zero-order valence-corrected chi connectivity index (χ0v) is 16.0. The van der Waals surface area contributed by atoms with Crippen molar-refractivity contribution in [2.45, 2.75) is 13.0 Å². The van der Waals surface area contributed by atoms with Crippen LogP contribution < -0.4 is 5.32 Å². The number of aromatic nitrogens is 5. The molecular formula is C16H19Cl2N7O. The quantitative estimate of drug-likeness (QED) is 0.727. The van der Waals surface area contributed by atoms with E-state index in [4.69, 9.17) is 16.1 Å². The Bertz CT molecular complexity index is 894. The van der Waals surface area contributed by atoms with Gasteiger partial charge in [0.25, 0.3) is 5.89 Å². The first-order valence-electron chi connectivity index (χ1n) is 8.06. The maximum Gasteiger partial charge on any atom is 0.280 e. The second-order valence-electron chi connectivity index (χ2n) is 6.07. The summed E-state index contributed by atoms with van der Waals surface area (Å²) in [5.74, 6) is 1.03. The molecule has 0 amide bonds. The number of halogens is 2. The molecule has 1 atom stereocenters. The Morgan fingerprint density at radius 1 is 1.35 bits per heavy atom. The highest BCUT2D eigenvalue weighted by Crippen LogP contribution is 2.25. The Labute approximate surface area is 161 Å². The normalized spacial score (nSPS) is 17.9. The third kappa shape index (κ3) is 3.45. The van der Waals surface area contributed by atoms with E-state index in [1.165, 1.54) is 0 Å². The van der Waals surface area contributed by atoms with E-state index in [1.54, 1.807) is 4.68 Å². The molecule has 0 saturated carbocycles. The largest absolute Gasteiger partial charge is 0.332 e. The predicted octanol–water partition coefficient (Wildman–Crippen LogP) is 2.28. The Morgan fingerprint density at radius 2 is 2.19 bits per heavy atom. The average molecular weight is 396 g/mol. The molecule has 0 radical (unpaired) electrons. The van der Waals surface area contributed by atoms with E-state index < -0.39 is 0 Å². The van der Waals surface area contributed by atoms with Gasteiger partial charge in [-0.25, -0.2) is 4.68 Å². The summed E-state index contributed by atoms with van der Waals surface area (Å²) in [6.07, 6.45) is 0. The zero-order valence-electron chi connectivity index (χ0n) is 14.4. The number of hydrogen-bond acceptors (Lipinski definition) is 7. The summed E-state index contributed by atoms with van der Waals surface area (Å²) in [5.41, 5.74) is 2.22. The van der Waals surface area contributed by atoms with Crippen LogP contribution >= 0.6 is 24.0 Å². The third-order valence-corrected chi connectivity index (χ3v) is 4.64. The van der Waals surface area contributed by atoms with Crippen LogP contribution in [0.1, 0.15) is 17.6 Å². The van der Waals surface area contributed by atoms with Crippen LogP contribution in [0.2, 0.25) is 5.02 Å². The van der Waals surface area contributed by atoms with Gasteiger partial charge in [-0.15, -0.1) is 17.5 Å². The second-order valence-corrected chi connectivity index (χ2v) is 6.51. The van der Waals surface area contributed by atoms with Gasteiger partial charge >= 0.3 is 0 Å². The monoisotopic (exact) mass is 395 g/mol. The molecule has 138 valence electrons. The summed E-state index contributed by atoms with van der Waals surface area (Å²) in [6.45, 7) is 4.61. The topological polar surface area (TPSA) is 84.9 Å². The van der Waals surface area contributed by atoms with E-state index in [0.717, 1.165) is 31.0 Å². The highest BCUT2D eigenvalue weighted by molar-refractivity contribution is 6.30. The van der Waals surface area contributed by atoms with Gasteiger partial charge in [-0.3, -0.25) is 4.90 Å². The zero-order chi connectivity index (χ0) is 17.4. The van der Waals surface area contributed by atoms with Crippen molar-refractivity contribution in [2.75, 3.05) is 26.7 Å². The van der Waals surface area contributed by atoms with Crippen molar-refractivity contribution in [1.82, 2.24) is 35.4 Å². The fourth-order valence-electron chi connectivity index (χ4n) is 2.94. The van der Waals surface area contributed by atoms with Crippen LogP contribution in [0.3, 0.4) is 0 Å². The lowest BCUT2D eigenvalue weighted by atomic mass is 10.2. The SMILES string of the molecule is Cc1c(-c2nc(C3CNCCN3C)no2)nnn1-c1cccc(Cl)c1.Cl. The number of benzene rings is 1. The third-order valence-electron chi connectivity index (χ3n) is 4.40.